The van der Waals surface area contributed by atoms with Crippen LogP contribution in [0.1, 0.15) is 29.8 Å². The van der Waals surface area contributed by atoms with Gasteiger partial charge in [-0.05, 0) is 51.4 Å². The van der Waals surface area contributed by atoms with E-state index in [2.05, 4.69) is 15.7 Å². The van der Waals surface area contributed by atoms with Crippen LogP contribution in [0.2, 0.25) is 10.0 Å². The second kappa shape index (κ2) is 7.77. The summed E-state index contributed by atoms with van der Waals surface area (Å²) in [6.07, 6.45) is 2.61. The highest BCUT2D eigenvalue weighted by atomic mass is 35.5. The molecule has 1 fully saturated rings. The predicted octanol–water partition coefficient (Wildman–Crippen LogP) is 3.21. The second-order valence-corrected chi connectivity index (χ2v) is 7.27. The van der Waals surface area contributed by atoms with E-state index in [4.69, 9.17) is 23.2 Å². The monoisotopic (exact) mass is 380 g/mol. The Bertz CT molecular complexity index is 782. The van der Waals surface area contributed by atoms with Crippen molar-refractivity contribution in [3.8, 4) is 5.69 Å². The lowest BCUT2D eigenvalue weighted by molar-refractivity contribution is -0.120. The van der Waals surface area contributed by atoms with Crippen molar-refractivity contribution in [3.05, 3.63) is 45.2 Å². The third kappa shape index (κ3) is 4.17. The molecule has 2 heterocycles. The van der Waals surface area contributed by atoms with E-state index in [0.717, 1.165) is 35.6 Å². The summed E-state index contributed by atoms with van der Waals surface area (Å²) in [7, 11) is 0. The van der Waals surface area contributed by atoms with Crippen LogP contribution in [-0.4, -0.2) is 34.8 Å². The maximum absolute atomic E-state index is 12.3. The van der Waals surface area contributed by atoms with E-state index in [0.29, 0.717) is 29.1 Å². The Hall–Kier alpha value is -1.56. The number of carbonyl (C=O) groups is 1. The number of nitrogens with zero attached hydrogens (tertiary/aromatic N) is 2. The number of carbonyl (C=O) groups excluding carboxylic acids is 1. The lowest BCUT2D eigenvalue weighted by atomic mass is 10.1. The van der Waals surface area contributed by atoms with Gasteiger partial charge in [-0.15, -0.1) is 0 Å². The molecule has 1 aromatic carbocycles. The molecule has 0 aliphatic carbocycles. The molecular formula is C18H22Cl2N4O. The number of benzene rings is 1. The Labute approximate surface area is 157 Å². The van der Waals surface area contributed by atoms with Crippen molar-refractivity contribution in [1.82, 2.24) is 20.4 Å². The predicted molar refractivity (Wildman–Crippen MR) is 101 cm³/mol. The summed E-state index contributed by atoms with van der Waals surface area (Å²) in [5.74, 6) is 0.0154. The van der Waals surface area contributed by atoms with Crippen molar-refractivity contribution in [2.24, 2.45) is 0 Å². The van der Waals surface area contributed by atoms with E-state index in [1.807, 2.05) is 19.9 Å². The molecule has 7 heteroatoms. The summed E-state index contributed by atoms with van der Waals surface area (Å²) >= 11 is 12.3. The van der Waals surface area contributed by atoms with Crippen LogP contribution in [0, 0.1) is 13.8 Å². The number of nitrogens with one attached hydrogen (secondary N) is 2. The van der Waals surface area contributed by atoms with Gasteiger partial charge in [0.15, 0.2) is 0 Å². The SMILES string of the molecule is Cc1nn(-c2ccc(Cl)cc2Cl)c(C)c1CC(=O)NCC1CCCN1. The third-order valence-electron chi connectivity index (χ3n) is 4.62. The molecule has 0 bridgehead atoms. The number of halogens is 2. The van der Waals surface area contributed by atoms with E-state index < -0.39 is 0 Å². The lowest BCUT2D eigenvalue weighted by Crippen LogP contribution is -2.37. The molecule has 3 rings (SSSR count). The van der Waals surface area contributed by atoms with Crippen LogP contribution < -0.4 is 10.6 Å². The second-order valence-electron chi connectivity index (χ2n) is 6.43. The Kier molecular flexibility index (Phi) is 5.67. The van der Waals surface area contributed by atoms with Gasteiger partial charge in [0.25, 0.3) is 0 Å². The van der Waals surface area contributed by atoms with Gasteiger partial charge in [-0.1, -0.05) is 23.2 Å². The summed E-state index contributed by atoms with van der Waals surface area (Å²) < 4.78 is 1.77. The summed E-state index contributed by atoms with van der Waals surface area (Å²) in [5, 5.41) is 12.1. The largest absolute Gasteiger partial charge is 0.354 e. The van der Waals surface area contributed by atoms with Crippen LogP contribution in [0.25, 0.3) is 5.69 Å². The Morgan fingerprint density at radius 1 is 1.40 bits per heavy atom. The number of amides is 1. The molecule has 1 aliphatic rings. The summed E-state index contributed by atoms with van der Waals surface area (Å²) in [4.78, 5) is 12.3. The van der Waals surface area contributed by atoms with Gasteiger partial charge in [0.2, 0.25) is 5.91 Å². The minimum Gasteiger partial charge on any atom is -0.354 e. The highest BCUT2D eigenvalue weighted by molar-refractivity contribution is 6.35. The molecule has 1 atom stereocenters. The van der Waals surface area contributed by atoms with Crippen LogP contribution >= 0.6 is 23.2 Å². The third-order valence-corrected chi connectivity index (χ3v) is 5.16. The van der Waals surface area contributed by atoms with Gasteiger partial charge in [-0.3, -0.25) is 4.79 Å². The highest BCUT2D eigenvalue weighted by Crippen LogP contribution is 2.27. The molecule has 1 amide bonds. The van der Waals surface area contributed by atoms with Crippen molar-refractivity contribution in [1.29, 1.82) is 0 Å². The van der Waals surface area contributed by atoms with E-state index in [1.54, 1.807) is 16.8 Å². The molecule has 1 saturated heterocycles. The molecule has 5 nitrogen and oxygen atoms in total. The fourth-order valence-electron chi connectivity index (χ4n) is 3.21. The lowest BCUT2D eigenvalue weighted by Gasteiger charge is -2.12. The first kappa shape index (κ1) is 18.2. The first-order chi connectivity index (χ1) is 12.0. The van der Waals surface area contributed by atoms with Gasteiger partial charge in [-0.25, -0.2) is 4.68 Å². The van der Waals surface area contributed by atoms with Gasteiger partial charge < -0.3 is 10.6 Å². The zero-order chi connectivity index (χ0) is 18.0. The molecule has 0 spiro atoms. The number of hydrogen-bond acceptors (Lipinski definition) is 3. The van der Waals surface area contributed by atoms with Gasteiger partial charge in [0.05, 0.1) is 22.8 Å². The van der Waals surface area contributed by atoms with Crippen molar-refractivity contribution >= 4 is 29.1 Å². The minimum atomic E-state index is 0.0154. The highest BCUT2D eigenvalue weighted by Gasteiger charge is 2.19. The van der Waals surface area contributed by atoms with Crippen molar-refractivity contribution in [2.75, 3.05) is 13.1 Å². The van der Waals surface area contributed by atoms with Crippen LogP contribution in [0.5, 0.6) is 0 Å². The average molecular weight is 381 g/mol. The maximum atomic E-state index is 12.3. The molecule has 1 unspecified atom stereocenters. The van der Waals surface area contributed by atoms with Crippen LogP contribution in [0.3, 0.4) is 0 Å². The fraction of sp³-hybridized carbons (Fsp3) is 0.444. The van der Waals surface area contributed by atoms with Crippen molar-refractivity contribution < 1.29 is 4.79 Å². The fourth-order valence-corrected chi connectivity index (χ4v) is 3.70. The molecule has 1 aromatic heterocycles. The van der Waals surface area contributed by atoms with Crippen LogP contribution in [0.15, 0.2) is 18.2 Å². The van der Waals surface area contributed by atoms with E-state index in [9.17, 15) is 4.79 Å². The van der Waals surface area contributed by atoms with Gasteiger partial charge in [-0.2, -0.15) is 5.10 Å². The molecular weight excluding hydrogens is 359 g/mol. The zero-order valence-electron chi connectivity index (χ0n) is 14.4. The van der Waals surface area contributed by atoms with Gasteiger partial charge in [0, 0.05) is 28.9 Å². The standard InChI is InChI=1S/C18H22Cl2N4O/c1-11-15(9-18(25)22-10-14-4-3-7-21-14)12(2)24(23-11)17-6-5-13(19)8-16(17)20/h5-6,8,14,21H,3-4,7,9-10H2,1-2H3,(H,22,25). The smallest absolute Gasteiger partial charge is 0.224 e. The minimum absolute atomic E-state index is 0.0154. The zero-order valence-corrected chi connectivity index (χ0v) is 15.9. The summed E-state index contributed by atoms with van der Waals surface area (Å²) in [6.45, 7) is 5.57. The summed E-state index contributed by atoms with van der Waals surface area (Å²) in [6, 6.07) is 5.69. The molecule has 25 heavy (non-hydrogen) atoms. The van der Waals surface area contributed by atoms with Gasteiger partial charge in [0.1, 0.15) is 0 Å². The molecule has 2 N–H and O–H groups in total. The number of aryl methyl sites for hydroxylation is 1. The summed E-state index contributed by atoms with van der Waals surface area (Å²) in [5.41, 5.74) is 3.44. The van der Waals surface area contributed by atoms with E-state index in [1.165, 1.54) is 6.42 Å². The Morgan fingerprint density at radius 2 is 2.20 bits per heavy atom. The van der Waals surface area contributed by atoms with Crippen molar-refractivity contribution in [2.45, 2.75) is 39.2 Å². The number of hydrogen-bond donors (Lipinski definition) is 2. The number of rotatable bonds is 5. The van der Waals surface area contributed by atoms with E-state index in [-0.39, 0.29) is 5.91 Å². The normalized spacial score (nSPS) is 17.0. The maximum Gasteiger partial charge on any atom is 0.224 e. The molecule has 0 radical (unpaired) electrons. The molecule has 2 aromatic rings. The van der Waals surface area contributed by atoms with E-state index >= 15 is 0 Å². The first-order valence-corrected chi connectivity index (χ1v) is 9.22. The topological polar surface area (TPSA) is 59.0 Å². The molecule has 0 saturated carbocycles. The average Bonchev–Trinajstić information content (AvgIpc) is 3.17. The first-order valence-electron chi connectivity index (χ1n) is 8.46. The quantitative estimate of drug-likeness (QED) is 0.836. The van der Waals surface area contributed by atoms with Crippen molar-refractivity contribution in [3.63, 3.8) is 0 Å². The molecule has 134 valence electrons. The number of aromatic nitrogens is 2. The van der Waals surface area contributed by atoms with Gasteiger partial charge >= 0.3 is 0 Å². The molecule has 1 aliphatic heterocycles. The Morgan fingerprint density at radius 3 is 2.88 bits per heavy atom. The van der Waals surface area contributed by atoms with Crippen LogP contribution in [0.4, 0.5) is 0 Å². The van der Waals surface area contributed by atoms with Crippen LogP contribution in [-0.2, 0) is 11.2 Å². The Balaban J connectivity index is 1.74.